The minimum atomic E-state index is -1.04. The maximum absolute atomic E-state index is 11.8. The zero-order valence-corrected chi connectivity index (χ0v) is 14.2. The van der Waals surface area contributed by atoms with Gasteiger partial charge in [-0.15, -0.1) is 0 Å². The molecular weight excluding hydrogens is 318 g/mol. The smallest absolute Gasteiger partial charge is 0.335 e. The van der Waals surface area contributed by atoms with Crippen molar-refractivity contribution >= 4 is 22.7 Å². The molecule has 23 heavy (non-hydrogen) atoms. The number of amides is 1. The first-order valence-corrected chi connectivity index (χ1v) is 8.98. The number of carbonyl (C=O) groups excluding carboxylic acids is 1. The number of hydrogen-bond donors (Lipinski definition) is 2. The molecule has 0 saturated carbocycles. The van der Waals surface area contributed by atoms with E-state index in [1.165, 1.54) is 12.1 Å². The Morgan fingerprint density at radius 3 is 2.43 bits per heavy atom. The van der Waals surface area contributed by atoms with Crippen molar-refractivity contribution in [1.29, 1.82) is 0 Å². The van der Waals surface area contributed by atoms with E-state index in [9.17, 15) is 13.8 Å². The maximum atomic E-state index is 11.8. The van der Waals surface area contributed by atoms with Crippen molar-refractivity contribution in [3.8, 4) is 5.75 Å². The molecule has 0 spiro atoms. The molecule has 1 rings (SSSR count). The summed E-state index contributed by atoms with van der Waals surface area (Å²) < 4.78 is 17.2. The van der Waals surface area contributed by atoms with E-state index in [1.807, 2.05) is 13.8 Å². The van der Waals surface area contributed by atoms with Crippen LogP contribution in [0.25, 0.3) is 0 Å². The Balaban J connectivity index is 2.17. The fourth-order valence-electron chi connectivity index (χ4n) is 1.81. The van der Waals surface area contributed by atoms with Crippen LogP contribution in [0.4, 0.5) is 0 Å². The van der Waals surface area contributed by atoms with Gasteiger partial charge in [-0.1, -0.05) is 0 Å². The van der Waals surface area contributed by atoms with Gasteiger partial charge in [0.25, 0.3) is 0 Å². The first-order chi connectivity index (χ1) is 10.9. The Kier molecular flexibility index (Phi) is 8.32. The van der Waals surface area contributed by atoms with Gasteiger partial charge in [-0.25, -0.2) is 4.79 Å². The molecule has 128 valence electrons. The number of carbonyl (C=O) groups is 2. The molecule has 0 aromatic heterocycles. The van der Waals surface area contributed by atoms with E-state index in [2.05, 4.69) is 5.32 Å². The van der Waals surface area contributed by atoms with Gasteiger partial charge in [0, 0.05) is 34.8 Å². The predicted octanol–water partition coefficient (Wildman–Crippen LogP) is 1.82. The van der Waals surface area contributed by atoms with Gasteiger partial charge in [0.2, 0.25) is 5.91 Å². The largest absolute Gasteiger partial charge is 0.494 e. The number of carboxylic acid groups (broad SMARTS) is 1. The lowest BCUT2D eigenvalue weighted by atomic mass is 10.2. The summed E-state index contributed by atoms with van der Waals surface area (Å²) in [6.45, 7) is 4.17. The highest BCUT2D eigenvalue weighted by atomic mass is 32.2. The van der Waals surface area contributed by atoms with E-state index in [-0.39, 0.29) is 23.9 Å². The van der Waals surface area contributed by atoms with Crippen LogP contribution >= 0.6 is 0 Å². The fraction of sp³-hybridized carbons (Fsp3) is 0.500. The summed E-state index contributed by atoms with van der Waals surface area (Å²) in [5, 5.41) is 11.5. The van der Waals surface area contributed by atoms with Crippen molar-refractivity contribution in [3.05, 3.63) is 29.8 Å². The first-order valence-electron chi connectivity index (χ1n) is 7.49. The summed E-state index contributed by atoms with van der Waals surface area (Å²) in [6.07, 6.45) is 0.876. The molecule has 0 saturated heterocycles. The molecule has 0 fully saturated rings. The van der Waals surface area contributed by atoms with Crippen LogP contribution < -0.4 is 10.1 Å². The highest BCUT2D eigenvalue weighted by Crippen LogP contribution is 2.12. The third-order valence-electron chi connectivity index (χ3n) is 2.89. The second-order valence-electron chi connectivity index (χ2n) is 5.35. The zero-order chi connectivity index (χ0) is 17.2. The Labute approximate surface area is 138 Å². The average Bonchev–Trinajstić information content (AvgIpc) is 2.49. The molecule has 1 atom stereocenters. The molecule has 0 heterocycles. The molecule has 1 amide bonds. The number of carboxylic acids is 1. The molecule has 0 aliphatic rings. The monoisotopic (exact) mass is 341 g/mol. The molecule has 1 aromatic rings. The molecule has 0 aliphatic carbocycles. The number of hydrogen-bond acceptors (Lipinski definition) is 4. The van der Waals surface area contributed by atoms with E-state index in [4.69, 9.17) is 9.84 Å². The Bertz CT molecular complexity index is 542. The van der Waals surface area contributed by atoms with Crippen molar-refractivity contribution in [2.24, 2.45) is 0 Å². The van der Waals surface area contributed by atoms with Crippen molar-refractivity contribution in [1.82, 2.24) is 5.32 Å². The fourth-order valence-corrected chi connectivity index (χ4v) is 2.86. The Morgan fingerprint density at radius 2 is 1.87 bits per heavy atom. The third-order valence-corrected chi connectivity index (χ3v) is 4.30. The lowest BCUT2D eigenvalue weighted by Crippen LogP contribution is -2.31. The van der Waals surface area contributed by atoms with Crippen LogP contribution in [0.1, 0.15) is 37.0 Å². The van der Waals surface area contributed by atoms with Gasteiger partial charge in [0.15, 0.2) is 0 Å². The van der Waals surface area contributed by atoms with Gasteiger partial charge in [0.05, 0.1) is 12.2 Å². The van der Waals surface area contributed by atoms with Gasteiger partial charge in [-0.05, 0) is 44.5 Å². The summed E-state index contributed by atoms with van der Waals surface area (Å²) in [6, 6.07) is 6.23. The van der Waals surface area contributed by atoms with Crippen molar-refractivity contribution in [2.75, 3.05) is 18.1 Å². The van der Waals surface area contributed by atoms with Gasteiger partial charge in [-0.2, -0.15) is 0 Å². The molecule has 7 heteroatoms. The zero-order valence-electron chi connectivity index (χ0n) is 13.4. The molecule has 1 unspecified atom stereocenters. The van der Waals surface area contributed by atoms with Crippen LogP contribution in [0, 0.1) is 0 Å². The van der Waals surface area contributed by atoms with Crippen LogP contribution in [0.2, 0.25) is 0 Å². The Morgan fingerprint density at radius 1 is 1.22 bits per heavy atom. The average molecular weight is 341 g/mol. The Hall–Kier alpha value is -1.89. The number of ether oxygens (including phenoxy) is 1. The normalized spacial score (nSPS) is 12.0. The lowest BCUT2D eigenvalue weighted by molar-refractivity contribution is -0.121. The van der Waals surface area contributed by atoms with Gasteiger partial charge in [0.1, 0.15) is 5.75 Å². The van der Waals surface area contributed by atoms with Gasteiger partial charge < -0.3 is 15.2 Å². The topological polar surface area (TPSA) is 92.7 Å². The minimum Gasteiger partial charge on any atom is -0.494 e. The number of aromatic carboxylic acids is 1. The highest BCUT2D eigenvalue weighted by Gasteiger charge is 2.07. The van der Waals surface area contributed by atoms with Crippen molar-refractivity contribution < 1.29 is 23.6 Å². The molecular formula is C16H23NO5S. The summed E-state index contributed by atoms with van der Waals surface area (Å²) in [5.41, 5.74) is 0.207. The highest BCUT2D eigenvalue weighted by molar-refractivity contribution is 7.84. The molecule has 0 radical (unpaired) electrons. The lowest BCUT2D eigenvalue weighted by Gasteiger charge is -2.08. The minimum absolute atomic E-state index is 0.0804. The predicted molar refractivity (Wildman–Crippen MR) is 89.3 cm³/mol. The second kappa shape index (κ2) is 9.99. The third kappa shape index (κ3) is 8.35. The molecule has 2 N–H and O–H groups in total. The van der Waals surface area contributed by atoms with E-state index >= 15 is 0 Å². The molecule has 0 bridgehead atoms. The van der Waals surface area contributed by atoms with Crippen LogP contribution in [-0.4, -0.2) is 45.3 Å². The van der Waals surface area contributed by atoms with Crippen molar-refractivity contribution in [2.45, 2.75) is 32.7 Å². The van der Waals surface area contributed by atoms with E-state index in [0.717, 1.165) is 0 Å². The quantitative estimate of drug-likeness (QED) is 0.633. The van der Waals surface area contributed by atoms with E-state index < -0.39 is 16.8 Å². The summed E-state index contributed by atoms with van der Waals surface area (Å²) >= 11 is 0. The van der Waals surface area contributed by atoms with Crippen LogP contribution in [0.3, 0.4) is 0 Å². The maximum Gasteiger partial charge on any atom is 0.335 e. The van der Waals surface area contributed by atoms with E-state index in [0.29, 0.717) is 30.3 Å². The van der Waals surface area contributed by atoms with E-state index in [1.54, 1.807) is 12.1 Å². The molecule has 0 aliphatic heterocycles. The first kappa shape index (κ1) is 19.2. The van der Waals surface area contributed by atoms with Crippen LogP contribution in [-0.2, 0) is 15.6 Å². The molecule has 6 nitrogen and oxygen atoms in total. The standard InChI is InChI=1S/C16H23NO5S/c1-12(2)17-15(18)8-11-23(21)10-3-9-22-14-6-4-13(5-7-14)16(19)20/h4-7,12H,3,8-11H2,1-2H3,(H,17,18)(H,19,20). The number of nitrogens with one attached hydrogen (secondary N) is 1. The number of benzene rings is 1. The second-order valence-corrected chi connectivity index (χ2v) is 7.05. The summed E-state index contributed by atoms with van der Waals surface area (Å²) in [5.74, 6) is 0.349. The van der Waals surface area contributed by atoms with Crippen LogP contribution in [0.5, 0.6) is 5.75 Å². The molecule has 1 aromatic carbocycles. The summed E-state index contributed by atoms with van der Waals surface area (Å²) in [4.78, 5) is 22.1. The SMILES string of the molecule is CC(C)NC(=O)CCS(=O)CCCOc1ccc(C(=O)O)cc1. The van der Waals surface area contributed by atoms with Gasteiger partial charge >= 0.3 is 5.97 Å². The van der Waals surface area contributed by atoms with Gasteiger partial charge in [-0.3, -0.25) is 9.00 Å². The number of rotatable bonds is 10. The van der Waals surface area contributed by atoms with Crippen LogP contribution in [0.15, 0.2) is 24.3 Å². The van der Waals surface area contributed by atoms with Crippen molar-refractivity contribution in [3.63, 3.8) is 0 Å². The summed E-state index contributed by atoms with van der Waals surface area (Å²) in [7, 11) is -1.04.